The van der Waals surface area contributed by atoms with Crippen molar-refractivity contribution in [2.75, 3.05) is 11.1 Å². The van der Waals surface area contributed by atoms with Gasteiger partial charge in [-0.3, -0.25) is 4.68 Å². The molecule has 0 saturated heterocycles. The molecule has 0 saturated carbocycles. The molecule has 7 heteroatoms. The topological polar surface area (TPSA) is 55.6 Å². The molecule has 5 nitrogen and oxygen atoms in total. The van der Waals surface area contributed by atoms with Crippen LogP contribution in [0.2, 0.25) is 0 Å². The molecule has 0 aliphatic carbocycles. The number of unbranched alkanes of at least 4 members (excludes halogenated alkanes) is 2. The number of nitrogens with one attached hydrogen (secondary N) is 1. The minimum Gasteiger partial charge on any atom is -0.330 e. The van der Waals surface area contributed by atoms with Gasteiger partial charge in [-0.05, 0) is 31.0 Å². The van der Waals surface area contributed by atoms with Crippen molar-refractivity contribution in [3.63, 3.8) is 0 Å². The van der Waals surface area contributed by atoms with Crippen LogP contribution < -0.4 is 5.32 Å². The average molecular weight is 345 g/mol. The highest BCUT2D eigenvalue weighted by Gasteiger charge is 2.04. The van der Waals surface area contributed by atoms with Crippen LogP contribution >= 0.6 is 23.1 Å². The molecule has 0 atom stereocenters. The molecular weight excluding hydrogens is 326 g/mol. The third kappa shape index (κ3) is 5.37. The summed E-state index contributed by atoms with van der Waals surface area (Å²) in [5, 5.41) is 16.7. The van der Waals surface area contributed by atoms with Crippen LogP contribution in [0, 0.1) is 0 Å². The second-order valence-corrected chi connectivity index (χ2v) is 7.36. The Labute approximate surface area is 144 Å². The summed E-state index contributed by atoms with van der Waals surface area (Å²) < 4.78 is 3.01. The molecule has 23 heavy (non-hydrogen) atoms. The van der Waals surface area contributed by atoms with Crippen molar-refractivity contribution >= 4 is 33.9 Å². The van der Waals surface area contributed by atoms with E-state index >= 15 is 0 Å². The summed E-state index contributed by atoms with van der Waals surface area (Å²) in [6, 6.07) is 12.0. The summed E-state index contributed by atoms with van der Waals surface area (Å²) in [4.78, 5) is 0. The number of anilines is 2. The zero-order valence-corrected chi connectivity index (χ0v) is 14.4. The molecule has 0 amide bonds. The number of nitrogens with zero attached hydrogens (tertiary/aromatic N) is 4. The Morgan fingerprint density at radius 3 is 2.78 bits per heavy atom. The summed E-state index contributed by atoms with van der Waals surface area (Å²) in [6.45, 7) is 1.00. The molecule has 120 valence electrons. The van der Waals surface area contributed by atoms with Crippen molar-refractivity contribution in [1.29, 1.82) is 0 Å². The van der Waals surface area contributed by atoms with Gasteiger partial charge in [-0.25, -0.2) is 0 Å². The van der Waals surface area contributed by atoms with E-state index in [9.17, 15) is 0 Å². The van der Waals surface area contributed by atoms with Crippen LogP contribution in [-0.2, 0) is 6.54 Å². The molecule has 2 aromatic heterocycles. The first-order chi connectivity index (χ1) is 11.4. The van der Waals surface area contributed by atoms with E-state index in [0.29, 0.717) is 0 Å². The molecule has 0 spiro atoms. The number of thioether (sulfide) groups is 1. The zero-order chi connectivity index (χ0) is 15.7. The van der Waals surface area contributed by atoms with Crippen LogP contribution in [0.25, 0.3) is 0 Å². The van der Waals surface area contributed by atoms with Crippen molar-refractivity contribution in [3.8, 4) is 0 Å². The second kappa shape index (κ2) is 8.69. The molecule has 3 aromatic rings. The van der Waals surface area contributed by atoms with E-state index < -0.39 is 0 Å². The summed E-state index contributed by atoms with van der Waals surface area (Å²) in [7, 11) is 0. The predicted molar refractivity (Wildman–Crippen MR) is 96.4 cm³/mol. The third-order valence-electron chi connectivity index (χ3n) is 3.25. The molecular formula is C16H19N5S2. The van der Waals surface area contributed by atoms with Gasteiger partial charge >= 0.3 is 0 Å². The lowest BCUT2D eigenvalue weighted by molar-refractivity contribution is 0.554. The predicted octanol–water partition coefficient (Wildman–Crippen LogP) is 4.44. The van der Waals surface area contributed by atoms with Crippen molar-refractivity contribution in [2.24, 2.45) is 0 Å². The number of benzene rings is 1. The lowest BCUT2D eigenvalue weighted by Gasteiger charge is -2.01. The second-order valence-electron chi connectivity index (χ2n) is 5.04. The van der Waals surface area contributed by atoms with Gasteiger partial charge in [0, 0.05) is 30.4 Å². The first-order valence-electron chi connectivity index (χ1n) is 7.66. The fraction of sp³-hybridized carbons (Fsp3) is 0.312. The third-order valence-corrected chi connectivity index (χ3v) is 5.31. The molecule has 0 aliphatic rings. The maximum Gasteiger partial charge on any atom is 0.210 e. The van der Waals surface area contributed by atoms with Crippen LogP contribution in [0.3, 0.4) is 0 Å². The summed E-state index contributed by atoms with van der Waals surface area (Å²) in [6.07, 6.45) is 7.40. The number of para-hydroxylation sites is 1. The van der Waals surface area contributed by atoms with E-state index in [1.807, 2.05) is 53.5 Å². The van der Waals surface area contributed by atoms with Gasteiger partial charge in [0.05, 0.1) is 0 Å². The number of hydrogen-bond acceptors (Lipinski definition) is 6. The van der Waals surface area contributed by atoms with Gasteiger partial charge in [0.25, 0.3) is 0 Å². The van der Waals surface area contributed by atoms with Crippen LogP contribution in [-0.4, -0.2) is 25.7 Å². The minimum atomic E-state index is 0.845. The fourth-order valence-corrected chi connectivity index (χ4v) is 3.95. The maximum atomic E-state index is 4.23. The fourth-order valence-electron chi connectivity index (χ4n) is 2.11. The van der Waals surface area contributed by atoms with E-state index in [0.717, 1.165) is 27.5 Å². The normalized spacial score (nSPS) is 10.8. The average Bonchev–Trinajstić information content (AvgIpc) is 3.24. The van der Waals surface area contributed by atoms with Gasteiger partial charge in [0.1, 0.15) is 0 Å². The van der Waals surface area contributed by atoms with Gasteiger partial charge < -0.3 is 5.32 Å². The molecule has 1 N–H and O–H groups in total. The SMILES string of the molecule is c1ccc(Nc2nnc(SCCCCCn3cccn3)s2)cc1. The Bertz CT molecular complexity index is 682. The van der Waals surface area contributed by atoms with Crippen LogP contribution in [0.4, 0.5) is 10.8 Å². The summed E-state index contributed by atoms with van der Waals surface area (Å²) >= 11 is 3.39. The Balaban J connectivity index is 1.33. The molecule has 1 aromatic carbocycles. The molecule has 0 radical (unpaired) electrons. The van der Waals surface area contributed by atoms with Crippen molar-refractivity contribution in [1.82, 2.24) is 20.0 Å². The minimum absolute atomic E-state index is 0.845. The highest BCUT2D eigenvalue weighted by molar-refractivity contribution is 8.01. The Morgan fingerprint density at radius 1 is 1.04 bits per heavy atom. The highest BCUT2D eigenvalue weighted by atomic mass is 32.2. The molecule has 0 aliphatic heterocycles. The molecule has 3 rings (SSSR count). The van der Waals surface area contributed by atoms with E-state index in [2.05, 4.69) is 20.6 Å². The van der Waals surface area contributed by atoms with Crippen molar-refractivity contribution in [2.45, 2.75) is 30.1 Å². The number of aryl methyl sites for hydroxylation is 1. The number of aromatic nitrogens is 4. The standard InChI is InChI=1S/C16H19N5S2/c1-3-8-14(9-4-1)18-15-19-20-16(23-15)22-13-6-2-5-11-21-12-7-10-17-21/h1,3-4,7-10,12H,2,5-6,11,13H2,(H,18,19). The van der Waals surface area contributed by atoms with Gasteiger partial charge in [-0.1, -0.05) is 47.7 Å². The van der Waals surface area contributed by atoms with Crippen molar-refractivity contribution < 1.29 is 0 Å². The van der Waals surface area contributed by atoms with Gasteiger partial charge in [-0.2, -0.15) is 5.10 Å². The smallest absolute Gasteiger partial charge is 0.210 e. The lowest BCUT2D eigenvalue weighted by Crippen LogP contribution is -1.97. The summed E-state index contributed by atoms with van der Waals surface area (Å²) in [5.41, 5.74) is 1.04. The quantitative estimate of drug-likeness (QED) is 0.459. The lowest BCUT2D eigenvalue weighted by atomic mass is 10.2. The van der Waals surface area contributed by atoms with E-state index in [4.69, 9.17) is 0 Å². The Kier molecular flexibility index (Phi) is 6.05. The largest absolute Gasteiger partial charge is 0.330 e. The summed E-state index contributed by atoms with van der Waals surface area (Å²) in [5.74, 6) is 1.08. The Morgan fingerprint density at radius 2 is 1.96 bits per heavy atom. The Hall–Kier alpha value is -1.86. The molecule has 0 fully saturated rings. The van der Waals surface area contributed by atoms with Crippen LogP contribution in [0.5, 0.6) is 0 Å². The van der Waals surface area contributed by atoms with E-state index in [-0.39, 0.29) is 0 Å². The monoisotopic (exact) mass is 345 g/mol. The van der Waals surface area contributed by atoms with E-state index in [1.54, 1.807) is 23.1 Å². The van der Waals surface area contributed by atoms with Gasteiger partial charge in [-0.15, -0.1) is 10.2 Å². The maximum absolute atomic E-state index is 4.23. The number of rotatable bonds is 9. The van der Waals surface area contributed by atoms with Crippen molar-refractivity contribution in [3.05, 3.63) is 48.8 Å². The van der Waals surface area contributed by atoms with E-state index in [1.165, 1.54) is 19.3 Å². The van der Waals surface area contributed by atoms with Gasteiger partial charge in [0.2, 0.25) is 5.13 Å². The van der Waals surface area contributed by atoms with Crippen LogP contribution in [0.15, 0.2) is 53.1 Å². The molecule has 0 bridgehead atoms. The molecule has 2 heterocycles. The first-order valence-corrected chi connectivity index (χ1v) is 9.46. The highest BCUT2D eigenvalue weighted by Crippen LogP contribution is 2.28. The van der Waals surface area contributed by atoms with Crippen LogP contribution in [0.1, 0.15) is 19.3 Å². The first kappa shape index (κ1) is 16.0. The zero-order valence-electron chi connectivity index (χ0n) is 12.8. The van der Waals surface area contributed by atoms with Gasteiger partial charge in [0.15, 0.2) is 4.34 Å². The number of hydrogen-bond donors (Lipinski definition) is 1. The molecule has 0 unspecified atom stereocenters.